The zero-order chi connectivity index (χ0) is 10.9. The van der Waals surface area contributed by atoms with Gasteiger partial charge in [0.05, 0.1) is 0 Å². The first-order valence-corrected chi connectivity index (χ1v) is 3.47. The van der Waals surface area contributed by atoms with Crippen molar-refractivity contribution in [3.05, 3.63) is 28.3 Å². The molecule has 0 aliphatic heterocycles. The van der Waals surface area contributed by atoms with Crippen LogP contribution >= 0.6 is 11.6 Å². The van der Waals surface area contributed by atoms with Crippen LogP contribution in [-0.2, 0) is 4.79 Å². The van der Waals surface area contributed by atoms with Crippen molar-refractivity contribution in [1.29, 1.82) is 0 Å². The first kappa shape index (κ1) is 10.7. The van der Waals surface area contributed by atoms with Crippen LogP contribution in [0.5, 0.6) is 0 Å². The van der Waals surface area contributed by atoms with Gasteiger partial charge in [0.15, 0.2) is 29.0 Å². The molecular weight excluding hydrogens is 226 g/mol. The van der Waals surface area contributed by atoms with E-state index in [9.17, 15) is 22.4 Å². The minimum absolute atomic E-state index is 0.758. The molecule has 0 bridgehead atoms. The minimum Gasteiger partial charge on any atom is -0.211 e. The number of nitrogens with zero attached hydrogens (tertiary/aromatic N) is 1. The standard InChI is InChI=1S/C7ClF4NO/c8-2-3(9)5(11)7(13-1-14)6(12)4(2)10. The molecule has 0 amide bonds. The molecule has 0 aromatic heterocycles. The van der Waals surface area contributed by atoms with Gasteiger partial charge in [0.2, 0.25) is 6.08 Å². The molecule has 0 unspecified atom stereocenters. The predicted octanol–water partition coefficient (Wildman–Crippen LogP) is 2.86. The maximum absolute atomic E-state index is 12.8. The van der Waals surface area contributed by atoms with Crippen molar-refractivity contribution >= 4 is 23.4 Å². The van der Waals surface area contributed by atoms with Crippen LogP contribution in [0.4, 0.5) is 23.2 Å². The Balaban J connectivity index is 3.67. The highest BCUT2D eigenvalue weighted by Crippen LogP contribution is 2.32. The van der Waals surface area contributed by atoms with Crippen LogP contribution in [0, 0.1) is 23.3 Å². The largest absolute Gasteiger partial charge is 0.240 e. The van der Waals surface area contributed by atoms with Gasteiger partial charge in [-0.3, -0.25) is 0 Å². The van der Waals surface area contributed by atoms with Gasteiger partial charge >= 0.3 is 0 Å². The van der Waals surface area contributed by atoms with E-state index in [1.807, 2.05) is 0 Å². The van der Waals surface area contributed by atoms with Gasteiger partial charge in [-0.05, 0) is 0 Å². The lowest BCUT2D eigenvalue weighted by atomic mass is 10.2. The maximum Gasteiger partial charge on any atom is 0.240 e. The smallest absolute Gasteiger partial charge is 0.211 e. The average molecular weight is 226 g/mol. The van der Waals surface area contributed by atoms with Gasteiger partial charge in [-0.1, -0.05) is 11.6 Å². The van der Waals surface area contributed by atoms with Crippen molar-refractivity contribution in [2.45, 2.75) is 0 Å². The Kier molecular flexibility index (Phi) is 2.88. The second kappa shape index (κ2) is 3.77. The highest BCUT2D eigenvalue weighted by molar-refractivity contribution is 6.31. The minimum atomic E-state index is -1.84. The third-order valence-electron chi connectivity index (χ3n) is 1.34. The molecule has 0 saturated carbocycles. The second-order valence-electron chi connectivity index (χ2n) is 2.12. The summed E-state index contributed by atoms with van der Waals surface area (Å²) in [6, 6.07) is 0. The summed E-state index contributed by atoms with van der Waals surface area (Å²) < 4.78 is 50.8. The van der Waals surface area contributed by atoms with Crippen molar-refractivity contribution in [3.63, 3.8) is 0 Å². The molecular formula is C7ClF4NO. The lowest BCUT2D eigenvalue weighted by molar-refractivity contribution is 0.458. The summed E-state index contributed by atoms with van der Waals surface area (Å²) in [5.41, 5.74) is -1.39. The van der Waals surface area contributed by atoms with Crippen LogP contribution in [-0.4, -0.2) is 6.08 Å². The van der Waals surface area contributed by atoms with Crippen molar-refractivity contribution in [3.8, 4) is 0 Å². The van der Waals surface area contributed by atoms with Crippen LogP contribution in [0.3, 0.4) is 0 Å². The maximum atomic E-state index is 12.8. The molecule has 0 heterocycles. The highest BCUT2D eigenvalue weighted by Gasteiger charge is 2.24. The fraction of sp³-hybridized carbons (Fsp3) is 0. The Labute approximate surface area is 79.8 Å². The van der Waals surface area contributed by atoms with Crippen LogP contribution in [0.25, 0.3) is 0 Å². The van der Waals surface area contributed by atoms with Crippen LogP contribution in [0.15, 0.2) is 4.99 Å². The van der Waals surface area contributed by atoms with Crippen molar-refractivity contribution in [2.24, 2.45) is 4.99 Å². The third kappa shape index (κ3) is 1.49. The SMILES string of the molecule is O=C=Nc1c(F)c(F)c(Cl)c(F)c1F. The lowest BCUT2D eigenvalue weighted by Gasteiger charge is -2.02. The van der Waals surface area contributed by atoms with Gasteiger partial charge in [0.25, 0.3) is 0 Å². The first-order chi connectivity index (χ1) is 6.50. The van der Waals surface area contributed by atoms with E-state index >= 15 is 0 Å². The Morgan fingerprint density at radius 3 is 1.79 bits per heavy atom. The Morgan fingerprint density at radius 2 is 1.43 bits per heavy atom. The van der Waals surface area contributed by atoms with Crippen molar-refractivity contribution < 1.29 is 22.4 Å². The molecule has 0 saturated heterocycles. The summed E-state index contributed by atoms with van der Waals surface area (Å²) in [6.07, 6.45) is 0.758. The number of halogens is 5. The van der Waals surface area contributed by atoms with Crippen LogP contribution in [0.1, 0.15) is 0 Å². The van der Waals surface area contributed by atoms with Gasteiger partial charge < -0.3 is 0 Å². The fourth-order valence-electron chi connectivity index (χ4n) is 0.737. The molecule has 74 valence electrons. The molecule has 0 fully saturated rings. The summed E-state index contributed by atoms with van der Waals surface area (Å²) >= 11 is 4.89. The molecule has 0 aliphatic rings. The van der Waals surface area contributed by atoms with E-state index < -0.39 is 34.0 Å². The summed E-state index contributed by atoms with van der Waals surface area (Å²) in [4.78, 5) is 12.2. The summed E-state index contributed by atoms with van der Waals surface area (Å²) in [5, 5.41) is -1.33. The second-order valence-corrected chi connectivity index (χ2v) is 2.50. The molecule has 7 heteroatoms. The summed E-state index contributed by atoms with van der Waals surface area (Å²) in [6.45, 7) is 0. The molecule has 1 aromatic carbocycles. The van der Waals surface area contributed by atoms with E-state index in [0.29, 0.717) is 0 Å². The number of carbonyl (C=O) groups excluding carboxylic acids is 1. The Morgan fingerprint density at radius 1 is 1.00 bits per heavy atom. The zero-order valence-electron chi connectivity index (χ0n) is 6.25. The molecule has 0 N–H and O–H groups in total. The Hall–Kier alpha value is -1.39. The topological polar surface area (TPSA) is 29.4 Å². The molecule has 0 spiro atoms. The number of rotatable bonds is 1. The number of benzene rings is 1. The number of isocyanates is 1. The number of aliphatic imine (C=N–C) groups is 1. The normalized spacial score (nSPS) is 9.79. The molecule has 1 aromatic rings. The monoisotopic (exact) mass is 225 g/mol. The summed E-state index contributed by atoms with van der Waals surface area (Å²) in [7, 11) is 0. The molecule has 0 radical (unpaired) electrons. The molecule has 14 heavy (non-hydrogen) atoms. The fourth-order valence-corrected chi connectivity index (χ4v) is 0.903. The molecule has 0 atom stereocenters. The quantitative estimate of drug-likeness (QED) is 0.238. The van der Waals surface area contributed by atoms with Crippen LogP contribution in [0.2, 0.25) is 5.02 Å². The molecule has 2 nitrogen and oxygen atoms in total. The van der Waals surface area contributed by atoms with Gasteiger partial charge in [-0.25, -0.2) is 22.4 Å². The van der Waals surface area contributed by atoms with E-state index in [1.54, 1.807) is 0 Å². The Bertz CT molecular complexity index is 413. The van der Waals surface area contributed by atoms with Gasteiger partial charge in [-0.2, -0.15) is 4.99 Å². The van der Waals surface area contributed by atoms with Gasteiger partial charge in [0.1, 0.15) is 5.02 Å². The van der Waals surface area contributed by atoms with Gasteiger partial charge in [-0.15, -0.1) is 0 Å². The van der Waals surface area contributed by atoms with E-state index in [1.165, 1.54) is 0 Å². The third-order valence-corrected chi connectivity index (χ3v) is 1.68. The number of hydrogen-bond acceptors (Lipinski definition) is 2. The van der Waals surface area contributed by atoms with Gasteiger partial charge in [0, 0.05) is 0 Å². The summed E-state index contributed by atoms with van der Waals surface area (Å²) in [5.74, 6) is -7.28. The van der Waals surface area contributed by atoms with Crippen LogP contribution < -0.4 is 0 Å². The van der Waals surface area contributed by atoms with E-state index in [0.717, 1.165) is 6.08 Å². The molecule has 0 aliphatic carbocycles. The zero-order valence-corrected chi connectivity index (χ0v) is 7.00. The molecule has 1 rings (SSSR count). The predicted molar refractivity (Wildman–Crippen MR) is 39.1 cm³/mol. The average Bonchev–Trinajstić information content (AvgIpc) is 2.19. The van der Waals surface area contributed by atoms with Crippen molar-refractivity contribution in [1.82, 2.24) is 0 Å². The first-order valence-electron chi connectivity index (χ1n) is 3.10. The lowest BCUT2D eigenvalue weighted by Crippen LogP contribution is -1.96. The van der Waals surface area contributed by atoms with Crippen molar-refractivity contribution in [2.75, 3.05) is 0 Å². The number of hydrogen-bond donors (Lipinski definition) is 0. The van der Waals surface area contributed by atoms with E-state index in [4.69, 9.17) is 11.6 Å². The highest BCUT2D eigenvalue weighted by atomic mass is 35.5. The van der Waals surface area contributed by atoms with E-state index in [2.05, 4.69) is 4.99 Å². The van der Waals surface area contributed by atoms with E-state index in [-0.39, 0.29) is 0 Å².